The van der Waals surface area contributed by atoms with Gasteiger partial charge >= 0.3 is 0 Å². The molecule has 5 rings (SSSR count). The number of hydrogen-bond acceptors (Lipinski definition) is 7. The van der Waals surface area contributed by atoms with Crippen LogP contribution in [0.5, 0.6) is 0 Å². The van der Waals surface area contributed by atoms with Gasteiger partial charge in [-0.2, -0.15) is 5.10 Å². The predicted molar refractivity (Wildman–Crippen MR) is 123 cm³/mol. The summed E-state index contributed by atoms with van der Waals surface area (Å²) in [6.07, 6.45) is 6.91. The second kappa shape index (κ2) is 9.27. The zero-order chi connectivity index (χ0) is 21.8. The van der Waals surface area contributed by atoms with E-state index in [0.29, 0.717) is 18.9 Å². The van der Waals surface area contributed by atoms with Crippen molar-refractivity contribution >= 4 is 23.1 Å². The zero-order valence-corrected chi connectivity index (χ0v) is 18.3. The molecule has 1 atom stereocenters. The van der Waals surface area contributed by atoms with Gasteiger partial charge < -0.3 is 10.2 Å². The highest BCUT2D eigenvalue weighted by atomic mass is 32.1. The van der Waals surface area contributed by atoms with Crippen molar-refractivity contribution in [3.63, 3.8) is 0 Å². The Hall–Kier alpha value is -3.59. The Balaban J connectivity index is 1.20. The molecule has 1 N–H and O–H groups in total. The molecule has 4 heterocycles. The number of carbonyl (C=O) groups is 1. The molecule has 3 aromatic heterocycles. The van der Waals surface area contributed by atoms with Crippen molar-refractivity contribution in [2.24, 2.45) is 5.92 Å². The van der Waals surface area contributed by atoms with E-state index in [9.17, 15) is 4.79 Å². The number of rotatable bonds is 6. The van der Waals surface area contributed by atoms with Crippen LogP contribution in [-0.2, 0) is 11.3 Å². The number of nitrogens with zero attached hydrogens (tertiary/aromatic N) is 6. The summed E-state index contributed by atoms with van der Waals surface area (Å²) in [4.78, 5) is 28.4. The Labute approximate surface area is 190 Å². The van der Waals surface area contributed by atoms with Gasteiger partial charge in [0, 0.05) is 42.5 Å². The molecule has 1 fully saturated rings. The third-order valence-corrected chi connectivity index (χ3v) is 6.45. The molecule has 1 amide bonds. The van der Waals surface area contributed by atoms with Crippen LogP contribution in [0.3, 0.4) is 0 Å². The Morgan fingerprint density at radius 2 is 2.03 bits per heavy atom. The van der Waals surface area contributed by atoms with Crippen LogP contribution in [-0.4, -0.2) is 43.7 Å². The van der Waals surface area contributed by atoms with Crippen LogP contribution in [0, 0.1) is 5.92 Å². The molecule has 0 bridgehead atoms. The van der Waals surface area contributed by atoms with E-state index >= 15 is 0 Å². The van der Waals surface area contributed by atoms with Gasteiger partial charge in [0.2, 0.25) is 5.91 Å². The molecule has 0 saturated carbocycles. The van der Waals surface area contributed by atoms with E-state index in [-0.39, 0.29) is 11.8 Å². The molecule has 1 unspecified atom stereocenters. The van der Waals surface area contributed by atoms with Crippen molar-refractivity contribution in [3.05, 3.63) is 72.3 Å². The number of hydrogen-bond donors (Lipinski definition) is 1. The number of benzene rings is 1. The van der Waals surface area contributed by atoms with Crippen LogP contribution < -0.4 is 10.2 Å². The lowest BCUT2D eigenvalue weighted by Crippen LogP contribution is -2.43. The van der Waals surface area contributed by atoms with Gasteiger partial charge in [-0.3, -0.25) is 4.79 Å². The summed E-state index contributed by atoms with van der Waals surface area (Å²) in [5.41, 5.74) is 1.98. The summed E-state index contributed by atoms with van der Waals surface area (Å²) in [7, 11) is 0. The van der Waals surface area contributed by atoms with Crippen LogP contribution >= 0.6 is 11.3 Å². The van der Waals surface area contributed by atoms with E-state index in [2.05, 4.69) is 30.3 Å². The molecule has 32 heavy (non-hydrogen) atoms. The highest BCUT2D eigenvalue weighted by Crippen LogP contribution is 2.24. The van der Waals surface area contributed by atoms with Gasteiger partial charge in [0.15, 0.2) is 5.82 Å². The van der Waals surface area contributed by atoms with Gasteiger partial charge in [-0.05, 0) is 18.9 Å². The first-order chi connectivity index (χ1) is 15.8. The highest BCUT2D eigenvalue weighted by molar-refractivity contribution is 7.13. The minimum absolute atomic E-state index is 0.0605. The van der Waals surface area contributed by atoms with Crippen LogP contribution in [0.1, 0.15) is 18.5 Å². The van der Waals surface area contributed by atoms with Gasteiger partial charge in [0.25, 0.3) is 0 Å². The quantitative estimate of drug-likeness (QED) is 0.490. The number of carbonyl (C=O) groups excluding carboxylic acids is 1. The monoisotopic (exact) mass is 445 g/mol. The van der Waals surface area contributed by atoms with E-state index in [4.69, 9.17) is 0 Å². The highest BCUT2D eigenvalue weighted by Gasteiger charge is 2.27. The van der Waals surface area contributed by atoms with Crippen molar-refractivity contribution in [3.8, 4) is 16.4 Å². The van der Waals surface area contributed by atoms with Gasteiger partial charge in [0.05, 0.1) is 18.2 Å². The number of piperidine rings is 1. The molecule has 1 aromatic carbocycles. The topological polar surface area (TPSA) is 88.8 Å². The average molecular weight is 446 g/mol. The van der Waals surface area contributed by atoms with Crippen LogP contribution in [0.4, 0.5) is 5.82 Å². The molecule has 9 heteroatoms. The molecule has 8 nitrogen and oxygen atoms in total. The summed E-state index contributed by atoms with van der Waals surface area (Å²) < 4.78 is 1.71. The molecule has 0 aliphatic carbocycles. The molecule has 0 radical (unpaired) electrons. The fourth-order valence-electron chi connectivity index (χ4n) is 3.86. The first kappa shape index (κ1) is 20.3. The lowest BCUT2D eigenvalue weighted by molar-refractivity contribution is -0.125. The van der Waals surface area contributed by atoms with Crippen LogP contribution in [0.15, 0.2) is 66.6 Å². The number of amides is 1. The minimum atomic E-state index is -0.0842. The predicted octanol–water partition coefficient (Wildman–Crippen LogP) is 3.32. The first-order valence-corrected chi connectivity index (χ1v) is 11.5. The Morgan fingerprint density at radius 1 is 1.16 bits per heavy atom. The lowest BCUT2D eigenvalue weighted by Gasteiger charge is -2.32. The molecular formula is C23H23N7OS. The maximum atomic E-state index is 12.9. The second-order valence-electron chi connectivity index (χ2n) is 7.70. The maximum absolute atomic E-state index is 12.9. The first-order valence-electron chi connectivity index (χ1n) is 10.6. The van der Waals surface area contributed by atoms with Crippen LogP contribution in [0.2, 0.25) is 0 Å². The van der Waals surface area contributed by atoms with Crippen molar-refractivity contribution < 1.29 is 4.79 Å². The van der Waals surface area contributed by atoms with Crippen molar-refractivity contribution in [1.29, 1.82) is 0 Å². The normalized spacial score (nSPS) is 16.1. The number of thiazole rings is 1. The number of anilines is 1. The van der Waals surface area contributed by atoms with Gasteiger partial charge in [-0.25, -0.2) is 19.6 Å². The largest absolute Gasteiger partial charge is 0.356 e. The molecule has 1 aliphatic rings. The molecule has 0 spiro atoms. The van der Waals surface area contributed by atoms with Crippen molar-refractivity contribution in [2.75, 3.05) is 18.0 Å². The fraction of sp³-hybridized carbons (Fsp3) is 0.261. The summed E-state index contributed by atoms with van der Waals surface area (Å²) in [5, 5.41) is 10.3. The summed E-state index contributed by atoms with van der Waals surface area (Å²) in [5.74, 6) is 1.50. The lowest BCUT2D eigenvalue weighted by atomic mass is 9.97. The molecule has 1 aliphatic heterocycles. The zero-order valence-electron chi connectivity index (χ0n) is 17.5. The third-order valence-electron chi connectivity index (χ3n) is 5.51. The van der Waals surface area contributed by atoms with Crippen LogP contribution in [0.25, 0.3) is 16.4 Å². The molecular weight excluding hydrogens is 422 g/mol. The van der Waals surface area contributed by atoms with Gasteiger partial charge in [-0.1, -0.05) is 30.3 Å². The summed E-state index contributed by atoms with van der Waals surface area (Å²) in [6.45, 7) is 1.94. The van der Waals surface area contributed by atoms with E-state index in [1.165, 1.54) is 0 Å². The molecule has 162 valence electrons. The second-order valence-corrected chi connectivity index (χ2v) is 8.56. The Morgan fingerprint density at radius 3 is 2.88 bits per heavy atom. The summed E-state index contributed by atoms with van der Waals surface area (Å²) >= 11 is 1.60. The van der Waals surface area contributed by atoms with E-state index in [1.807, 2.05) is 54.0 Å². The maximum Gasteiger partial charge on any atom is 0.225 e. The number of aromatic nitrogens is 5. The minimum Gasteiger partial charge on any atom is -0.356 e. The fourth-order valence-corrected chi connectivity index (χ4v) is 4.69. The van der Waals surface area contributed by atoms with Crippen molar-refractivity contribution in [1.82, 2.24) is 30.0 Å². The smallest absolute Gasteiger partial charge is 0.225 e. The molecule has 4 aromatic rings. The van der Waals surface area contributed by atoms with E-state index in [0.717, 1.165) is 41.5 Å². The molecule has 1 saturated heterocycles. The summed E-state index contributed by atoms with van der Waals surface area (Å²) in [6, 6.07) is 13.9. The van der Waals surface area contributed by atoms with Gasteiger partial charge in [0.1, 0.15) is 17.2 Å². The van der Waals surface area contributed by atoms with Gasteiger partial charge in [-0.15, -0.1) is 11.3 Å². The standard InChI is InChI=1S/C23H23N7OS/c31-22(24-13-19-15-32-23(28-19)17-6-2-1-3-7-17)18-8-4-10-29(14-18)20-12-21(26-16-25-20)30-11-5-9-27-30/h1-3,5-7,9,11-12,15-16,18H,4,8,10,13-14H2,(H,24,31). The van der Waals surface area contributed by atoms with Crippen molar-refractivity contribution in [2.45, 2.75) is 19.4 Å². The van der Waals surface area contributed by atoms with E-state index < -0.39 is 0 Å². The average Bonchev–Trinajstić information content (AvgIpc) is 3.56. The third kappa shape index (κ3) is 4.52. The number of nitrogens with one attached hydrogen (secondary N) is 1. The SMILES string of the molecule is O=C(NCc1csc(-c2ccccc2)n1)C1CCCN(c2cc(-n3cccn3)ncn2)C1. The van der Waals surface area contributed by atoms with E-state index in [1.54, 1.807) is 28.5 Å². The Bertz CT molecular complexity index is 1180. The Kier molecular flexibility index (Phi) is 5.89.